The first-order valence-corrected chi connectivity index (χ1v) is 6.16. The van der Waals surface area contributed by atoms with Gasteiger partial charge in [0.15, 0.2) is 0 Å². The van der Waals surface area contributed by atoms with Crippen LogP contribution in [-0.4, -0.2) is 12.1 Å². The zero-order valence-corrected chi connectivity index (χ0v) is 10.6. The number of esters is 1. The topological polar surface area (TPSA) is 26.3 Å². The molecule has 0 saturated heterocycles. The molecule has 0 heterocycles. The van der Waals surface area contributed by atoms with Crippen molar-refractivity contribution in [3.8, 4) is 0 Å². The third-order valence-electron chi connectivity index (χ3n) is 2.52. The predicted molar refractivity (Wildman–Crippen MR) is 70.0 cm³/mol. The average molecular weight is 232 g/mol. The van der Waals surface area contributed by atoms with Crippen LogP contribution in [0.5, 0.6) is 0 Å². The van der Waals surface area contributed by atoms with Gasteiger partial charge in [-0.05, 0) is 38.0 Å². The predicted octanol–water partition coefficient (Wildman–Crippen LogP) is 3.98. The van der Waals surface area contributed by atoms with Gasteiger partial charge in [-0.1, -0.05) is 37.6 Å². The number of hydrogen-bond donors (Lipinski definition) is 0. The minimum Gasteiger partial charge on any atom is -0.455 e. The molecule has 1 aromatic rings. The molecule has 0 aliphatic rings. The highest BCUT2D eigenvalue weighted by molar-refractivity contribution is 5.89. The number of hydrogen-bond acceptors (Lipinski definition) is 2. The molecule has 0 N–H and O–H groups in total. The standard InChI is InChI=1S/C15H20O2/c1-3-5-12-14(9-4-2)17-15(16)13-10-7-6-8-11-13/h4,6-11,14H,3,5,12H2,1-2H3/b9-4+. The quantitative estimate of drug-likeness (QED) is 0.548. The molecule has 1 rings (SSSR count). The van der Waals surface area contributed by atoms with Crippen molar-refractivity contribution in [2.45, 2.75) is 39.2 Å². The van der Waals surface area contributed by atoms with E-state index in [2.05, 4.69) is 6.92 Å². The molecular formula is C15H20O2. The molecule has 0 aliphatic carbocycles. The van der Waals surface area contributed by atoms with E-state index in [4.69, 9.17) is 4.74 Å². The Kier molecular flexibility index (Phi) is 6.08. The summed E-state index contributed by atoms with van der Waals surface area (Å²) in [5, 5.41) is 0. The molecule has 2 heteroatoms. The minimum absolute atomic E-state index is 0.104. The number of carbonyl (C=O) groups excluding carboxylic acids is 1. The van der Waals surface area contributed by atoms with Crippen molar-refractivity contribution in [3.63, 3.8) is 0 Å². The van der Waals surface area contributed by atoms with Gasteiger partial charge in [0.25, 0.3) is 0 Å². The molecule has 1 atom stereocenters. The van der Waals surface area contributed by atoms with Gasteiger partial charge in [0.05, 0.1) is 5.56 Å². The maximum absolute atomic E-state index is 11.8. The van der Waals surface area contributed by atoms with Gasteiger partial charge < -0.3 is 4.74 Å². The summed E-state index contributed by atoms with van der Waals surface area (Å²) in [6.07, 6.45) is 6.83. The molecule has 0 fully saturated rings. The molecule has 1 unspecified atom stereocenters. The summed E-state index contributed by atoms with van der Waals surface area (Å²) in [7, 11) is 0. The first kappa shape index (κ1) is 13.5. The normalized spacial score (nSPS) is 12.6. The van der Waals surface area contributed by atoms with Gasteiger partial charge in [-0.2, -0.15) is 0 Å². The number of carbonyl (C=O) groups is 1. The number of ether oxygens (including phenoxy) is 1. The second kappa shape index (κ2) is 7.66. The Hall–Kier alpha value is -1.57. The maximum atomic E-state index is 11.8. The number of rotatable bonds is 6. The van der Waals surface area contributed by atoms with E-state index in [0.29, 0.717) is 5.56 Å². The van der Waals surface area contributed by atoms with E-state index < -0.39 is 0 Å². The molecule has 0 spiro atoms. The number of unbranched alkanes of at least 4 members (excludes halogenated alkanes) is 1. The van der Waals surface area contributed by atoms with Crippen LogP contribution in [0.3, 0.4) is 0 Å². The van der Waals surface area contributed by atoms with Crippen LogP contribution in [0.4, 0.5) is 0 Å². The molecule has 2 nitrogen and oxygen atoms in total. The van der Waals surface area contributed by atoms with Crippen LogP contribution in [0.25, 0.3) is 0 Å². The Morgan fingerprint density at radius 1 is 1.35 bits per heavy atom. The molecule has 0 radical (unpaired) electrons. The van der Waals surface area contributed by atoms with E-state index in [0.717, 1.165) is 19.3 Å². The van der Waals surface area contributed by atoms with Crippen LogP contribution in [0.15, 0.2) is 42.5 Å². The molecule has 0 amide bonds. The lowest BCUT2D eigenvalue weighted by atomic mass is 10.1. The van der Waals surface area contributed by atoms with Crippen LogP contribution < -0.4 is 0 Å². The zero-order chi connectivity index (χ0) is 12.5. The molecule has 1 aromatic carbocycles. The van der Waals surface area contributed by atoms with Gasteiger partial charge in [0.1, 0.15) is 6.10 Å². The second-order valence-corrected chi connectivity index (χ2v) is 3.98. The first-order valence-electron chi connectivity index (χ1n) is 6.16. The van der Waals surface area contributed by atoms with Crippen molar-refractivity contribution in [2.24, 2.45) is 0 Å². The van der Waals surface area contributed by atoms with Crippen LogP contribution in [0, 0.1) is 0 Å². The van der Waals surface area contributed by atoms with Crippen LogP contribution in [0.2, 0.25) is 0 Å². The number of benzene rings is 1. The van der Waals surface area contributed by atoms with Gasteiger partial charge in [-0.15, -0.1) is 0 Å². The zero-order valence-electron chi connectivity index (χ0n) is 10.6. The molecular weight excluding hydrogens is 212 g/mol. The van der Waals surface area contributed by atoms with Crippen LogP contribution in [-0.2, 0) is 4.74 Å². The smallest absolute Gasteiger partial charge is 0.338 e. The Labute approximate surface area is 103 Å². The minimum atomic E-state index is -0.246. The van der Waals surface area contributed by atoms with E-state index in [-0.39, 0.29) is 12.1 Å². The molecule has 0 saturated carbocycles. The SMILES string of the molecule is C/C=C/C(CCCC)OC(=O)c1ccccc1. The van der Waals surface area contributed by atoms with Gasteiger partial charge in [-0.3, -0.25) is 0 Å². The Morgan fingerprint density at radius 3 is 2.65 bits per heavy atom. The summed E-state index contributed by atoms with van der Waals surface area (Å²) in [4.78, 5) is 11.8. The van der Waals surface area contributed by atoms with Crippen molar-refractivity contribution < 1.29 is 9.53 Å². The molecule has 0 aromatic heterocycles. The Bertz CT molecular complexity index is 354. The summed E-state index contributed by atoms with van der Waals surface area (Å²) < 4.78 is 5.45. The van der Waals surface area contributed by atoms with E-state index in [1.54, 1.807) is 12.1 Å². The van der Waals surface area contributed by atoms with E-state index >= 15 is 0 Å². The largest absolute Gasteiger partial charge is 0.455 e. The monoisotopic (exact) mass is 232 g/mol. The lowest BCUT2D eigenvalue weighted by Crippen LogP contribution is -2.16. The third-order valence-corrected chi connectivity index (χ3v) is 2.52. The number of allylic oxidation sites excluding steroid dienone is 1. The van der Waals surface area contributed by atoms with Crippen molar-refractivity contribution in [1.82, 2.24) is 0 Å². The summed E-state index contributed by atoms with van der Waals surface area (Å²) in [6.45, 7) is 4.07. The van der Waals surface area contributed by atoms with Gasteiger partial charge in [-0.25, -0.2) is 4.79 Å². The second-order valence-electron chi connectivity index (χ2n) is 3.98. The maximum Gasteiger partial charge on any atom is 0.338 e. The van der Waals surface area contributed by atoms with E-state index in [9.17, 15) is 4.79 Å². The lowest BCUT2D eigenvalue weighted by Gasteiger charge is -2.13. The fourth-order valence-electron chi connectivity index (χ4n) is 1.59. The lowest BCUT2D eigenvalue weighted by molar-refractivity contribution is 0.0376. The highest BCUT2D eigenvalue weighted by Gasteiger charge is 2.12. The highest BCUT2D eigenvalue weighted by Crippen LogP contribution is 2.10. The van der Waals surface area contributed by atoms with Gasteiger partial charge in [0.2, 0.25) is 0 Å². The molecule has 0 aliphatic heterocycles. The van der Waals surface area contributed by atoms with Crippen molar-refractivity contribution in [1.29, 1.82) is 0 Å². The van der Waals surface area contributed by atoms with Gasteiger partial charge >= 0.3 is 5.97 Å². The Morgan fingerprint density at radius 2 is 2.06 bits per heavy atom. The van der Waals surface area contributed by atoms with Crippen molar-refractivity contribution in [3.05, 3.63) is 48.0 Å². The van der Waals surface area contributed by atoms with Crippen molar-refractivity contribution in [2.75, 3.05) is 0 Å². The van der Waals surface area contributed by atoms with E-state index in [1.165, 1.54) is 0 Å². The molecule has 92 valence electrons. The summed E-state index contributed by atoms with van der Waals surface area (Å²) in [6, 6.07) is 9.11. The molecule has 0 bridgehead atoms. The summed E-state index contributed by atoms with van der Waals surface area (Å²) >= 11 is 0. The van der Waals surface area contributed by atoms with Gasteiger partial charge in [0, 0.05) is 0 Å². The fraction of sp³-hybridized carbons (Fsp3) is 0.400. The van der Waals surface area contributed by atoms with Crippen LogP contribution >= 0.6 is 0 Å². The Balaban J connectivity index is 2.58. The average Bonchev–Trinajstić information content (AvgIpc) is 2.37. The third kappa shape index (κ3) is 4.85. The summed E-state index contributed by atoms with van der Waals surface area (Å²) in [5.41, 5.74) is 0.610. The summed E-state index contributed by atoms with van der Waals surface area (Å²) in [5.74, 6) is -0.246. The fourth-order valence-corrected chi connectivity index (χ4v) is 1.59. The first-order chi connectivity index (χ1) is 8.27. The van der Waals surface area contributed by atoms with Crippen molar-refractivity contribution >= 4 is 5.97 Å². The van der Waals surface area contributed by atoms with Crippen LogP contribution in [0.1, 0.15) is 43.5 Å². The molecule has 17 heavy (non-hydrogen) atoms. The van der Waals surface area contributed by atoms with E-state index in [1.807, 2.05) is 37.3 Å². The highest BCUT2D eigenvalue weighted by atomic mass is 16.5.